The van der Waals surface area contributed by atoms with Crippen LogP contribution in [0, 0.1) is 5.82 Å². The number of esters is 1. The molecule has 2 atom stereocenters. The second-order valence-corrected chi connectivity index (χ2v) is 8.99. The predicted octanol–water partition coefficient (Wildman–Crippen LogP) is 4.99. The molecule has 8 nitrogen and oxygen atoms in total. The van der Waals surface area contributed by atoms with Crippen molar-refractivity contribution in [2.45, 2.75) is 31.7 Å². The molecule has 188 valence electrons. The summed E-state index contributed by atoms with van der Waals surface area (Å²) in [7, 11) is 0. The van der Waals surface area contributed by atoms with Gasteiger partial charge in [-0.2, -0.15) is 0 Å². The first-order valence-corrected chi connectivity index (χ1v) is 11.8. The van der Waals surface area contributed by atoms with E-state index in [1.54, 1.807) is 48.5 Å². The molecule has 2 N–H and O–H groups in total. The van der Waals surface area contributed by atoms with E-state index in [1.165, 1.54) is 18.5 Å². The molecule has 37 heavy (non-hydrogen) atoms. The summed E-state index contributed by atoms with van der Waals surface area (Å²) >= 11 is 6.41. The average molecular weight is 522 g/mol. The molecule has 1 aromatic heterocycles. The van der Waals surface area contributed by atoms with Crippen molar-refractivity contribution in [1.29, 1.82) is 0 Å². The number of ketones is 1. The van der Waals surface area contributed by atoms with E-state index in [-0.39, 0.29) is 25.3 Å². The van der Waals surface area contributed by atoms with Gasteiger partial charge in [0.1, 0.15) is 30.3 Å². The maximum absolute atomic E-state index is 13.4. The van der Waals surface area contributed by atoms with Crippen molar-refractivity contribution in [2.75, 3.05) is 5.32 Å². The van der Waals surface area contributed by atoms with Crippen molar-refractivity contribution in [3.05, 3.63) is 89.0 Å². The summed E-state index contributed by atoms with van der Waals surface area (Å²) in [5.41, 5.74) is 2.19. The Balaban J connectivity index is 1.35. The number of carbonyl (C=O) groups excluding carboxylic acids is 2. The van der Waals surface area contributed by atoms with Gasteiger partial charge in [-0.15, -0.1) is 0 Å². The molecule has 10 heteroatoms. The molecule has 1 aliphatic rings. The van der Waals surface area contributed by atoms with E-state index in [4.69, 9.17) is 21.1 Å². The number of benzene rings is 3. The maximum atomic E-state index is 13.4. The number of anilines is 2. The van der Waals surface area contributed by atoms with Crippen LogP contribution in [0.5, 0.6) is 5.75 Å². The number of aromatic nitrogens is 2. The smallest absolute Gasteiger partial charge is 0.309 e. The maximum Gasteiger partial charge on any atom is 0.309 e. The molecule has 0 radical (unpaired) electrons. The van der Waals surface area contributed by atoms with Crippen LogP contribution in [0.3, 0.4) is 0 Å². The molecule has 1 fully saturated rings. The third-order valence-electron chi connectivity index (χ3n) is 5.85. The van der Waals surface area contributed by atoms with E-state index in [1.807, 2.05) is 0 Å². The Labute approximate surface area is 216 Å². The Morgan fingerprint density at radius 2 is 2.03 bits per heavy atom. The van der Waals surface area contributed by atoms with Gasteiger partial charge >= 0.3 is 5.97 Å². The molecule has 5 rings (SSSR count). The Morgan fingerprint density at radius 1 is 1.16 bits per heavy atom. The third-order valence-corrected chi connectivity index (χ3v) is 6.15. The molecule has 0 saturated carbocycles. The number of aliphatic hydroxyl groups excluding tert-OH is 1. The fraction of sp³-hybridized carbons (Fsp3) is 0.185. The lowest BCUT2D eigenvalue weighted by molar-refractivity contribution is -0.156. The number of nitrogens with one attached hydrogen (secondary N) is 1. The summed E-state index contributed by atoms with van der Waals surface area (Å²) in [4.78, 5) is 33.2. The topological polar surface area (TPSA) is 111 Å². The van der Waals surface area contributed by atoms with Crippen LogP contribution in [0.2, 0.25) is 5.02 Å². The molecular weight excluding hydrogens is 501 g/mol. The summed E-state index contributed by atoms with van der Waals surface area (Å²) in [5, 5.41) is 13.9. The van der Waals surface area contributed by atoms with E-state index >= 15 is 0 Å². The summed E-state index contributed by atoms with van der Waals surface area (Å²) in [5.74, 6) is -0.493. The highest BCUT2D eigenvalue weighted by Gasteiger charge is 2.33. The number of nitrogens with zero attached hydrogens (tertiary/aromatic N) is 2. The normalized spacial score (nSPS) is 17.3. The predicted molar refractivity (Wildman–Crippen MR) is 134 cm³/mol. The number of halogens is 2. The molecule has 0 bridgehead atoms. The minimum absolute atomic E-state index is 0.0468. The van der Waals surface area contributed by atoms with Crippen molar-refractivity contribution in [2.24, 2.45) is 0 Å². The third kappa shape index (κ3) is 5.68. The molecule has 2 heterocycles. The van der Waals surface area contributed by atoms with Crippen LogP contribution in [0.15, 0.2) is 67.0 Å². The first kappa shape index (κ1) is 24.6. The number of aliphatic hydroxyl groups is 1. The van der Waals surface area contributed by atoms with E-state index in [0.717, 1.165) is 0 Å². The Hall–Kier alpha value is -4.08. The largest absolute Gasteiger partial charge is 0.487 e. The molecule has 0 aliphatic carbocycles. The van der Waals surface area contributed by atoms with Gasteiger partial charge in [0.05, 0.1) is 23.1 Å². The highest BCUT2D eigenvalue weighted by molar-refractivity contribution is 6.32. The highest BCUT2D eigenvalue weighted by Crippen LogP contribution is 2.31. The van der Waals surface area contributed by atoms with Crippen molar-refractivity contribution >= 4 is 45.8 Å². The van der Waals surface area contributed by atoms with E-state index < -0.39 is 24.0 Å². The summed E-state index contributed by atoms with van der Waals surface area (Å²) in [6, 6.07) is 16.1. The second-order valence-electron chi connectivity index (χ2n) is 8.58. The SMILES string of the molecule is O=C1C[C@H](O)C[C@@H](C(=O)c2ccc3ncnc(Nc4ccc(OCc5cccc(F)c5)c(Cl)c4)c3c2)O1. The van der Waals surface area contributed by atoms with Crippen LogP contribution < -0.4 is 10.1 Å². The lowest BCUT2D eigenvalue weighted by atomic mass is 9.97. The number of Topliss-reactive ketones (excluding diaryl/α,β-unsaturated/α-hetero) is 1. The number of cyclic esters (lactones) is 1. The standard InChI is InChI=1S/C27H21ClFN3O5/c28-21-10-18(5-7-23(21)36-13-15-2-1-3-17(29)8-15)32-27-20-9-16(4-6-22(20)30-14-31-27)26(35)24-11-19(33)12-25(34)37-24/h1-10,14,19,24,33H,11-13H2,(H,30,31,32)/t19-,24+/m1/s1. The molecule has 1 aliphatic heterocycles. The van der Waals surface area contributed by atoms with Gasteiger partial charge < -0.3 is 19.9 Å². The molecule has 3 aromatic carbocycles. The lowest BCUT2D eigenvalue weighted by Crippen LogP contribution is -2.37. The fourth-order valence-corrected chi connectivity index (χ4v) is 4.29. The number of hydrogen-bond donors (Lipinski definition) is 2. The van der Waals surface area contributed by atoms with E-state index in [9.17, 15) is 19.1 Å². The molecule has 1 saturated heterocycles. The minimum atomic E-state index is -1.05. The summed E-state index contributed by atoms with van der Waals surface area (Å²) < 4.78 is 24.3. The Kier molecular flexibility index (Phi) is 6.98. The average Bonchev–Trinajstić information content (AvgIpc) is 2.87. The number of fused-ring (bicyclic) bond motifs is 1. The van der Waals surface area contributed by atoms with Gasteiger partial charge in [0.2, 0.25) is 5.78 Å². The van der Waals surface area contributed by atoms with Gasteiger partial charge in [-0.3, -0.25) is 9.59 Å². The fourth-order valence-electron chi connectivity index (χ4n) is 4.05. The van der Waals surface area contributed by atoms with Gasteiger partial charge in [-0.25, -0.2) is 14.4 Å². The summed E-state index contributed by atoms with van der Waals surface area (Å²) in [6.45, 7) is 0.158. The van der Waals surface area contributed by atoms with Crippen molar-refractivity contribution in [3.8, 4) is 5.75 Å². The first-order valence-electron chi connectivity index (χ1n) is 11.5. The van der Waals surface area contributed by atoms with Crippen molar-refractivity contribution < 1.29 is 28.6 Å². The molecule has 4 aromatic rings. The van der Waals surface area contributed by atoms with Gasteiger partial charge in [0.25, 0.3) is 0 Å². The summed E-state index contributed by atoms with van der Waals surface area (Å²) in [6.07, 6.45) is -0.648. The van der Waals surface area contributed by atoms with Crippen molar-refractivity contribution in [1.82, 2.24) is 9.97 Å². The van der Waals surface area contributed by atoms with Gasteiger partial charge in [0, 0.05) is 23.1 Å². The molecular formula is C27H21ClFN3O5. The monoisotopic (exact) mass is 521 g/mol. The molecule has 0 spiro atoms. The Morgan fingerprint density at radius 3 is 2.81 bits per heavy atom. The zero-order valence-corrected chi connectivity index (χ0v) is 20.1. The Bertz CT molecular complexity index is 1500. The van der Waals surface area contributed by atoms with Crippen LogP contribution >= 0.6 is 11.6 Å². The number of hydrogen-bond acceptors (Lipinski definition) is 8. The zero-order chi connectivity index (χ0) is 25.9. The quantitative estimate of drug-likeness (QED) is 0.258. The highest BCUT2D eigenvalue weighted by atomic mass is 35.5. The van der Waals surface area contributed by atoms with Crippen LogP contribution in [0.4, 0.5) is 15.9 Å². The van der Waals surface area contributed by atoms with Crippen LogP contribution in [0.25, 0.3) is 10.9 Å². The second kappa shape index (κ2) is 10.5. The van der Waals surface area contributed by atoms with E-state index in [2.05, 4.69) is 15.3 Å². The van der Waals surface area contributed by atoms with Gasteiger partial charge in [-0.05, 0) is 54.1 Å². The van der Waals surface area contributed by atoms with Gasteiger partial charge in [-0.1, -0.05) is 23.7 Å². The van der Waals surface area contributed by atoms with Crippen LogP contribution in [-0.2, 0) is 16.1 Å². The number of carbonyl (C=O) groups is 2. The lowest BCUT2D eigenvalue weighted by Gasteiger charge is -2.24. The number of ether oxygens (including phenoxy) is 2. The molecule has 0 amide bonds. The molecule has 0 unspecified atom stereocenters. The zero-order valence-electron chi connectivity index (χ0n) is 19.4. The minimum Gasteiger partial charge on any atom is -0.487 e. The van der Waals surface area contributed by atoms with Gasteiger partial charge in [0.15, 0.2) is 6.10 Å². The van der Waals surface area contributed by atoms with Crippen LogP contribution in [0.1, 0.15) is 28.8 Å². The van der Waals surface area contributed by atoms with E-state index in [0.29, 0.717) is 44.3 Å². The van der Waals surface area contributed by atoms with Crippen molar-refractivity contribution in [3.63, 3.8) is 0 Å². The van der Waals surface area contributed by atoms with Crippen LogP contribution in [-0.4, -0.2) is 39.0 Å². The first-order chi connectivity index (χ1) is 17.9. The number of rotatable bonds is 7.